The quantitative estimate of drug-likeness (QED) is 0.532. The first kappa shape index (κ1) is 12.1. The van der Waals surface area contributed by atoms with E-state index >= 15 is 0 Å². The Hall–Kier alpha value is -0.360. The molecule has 16 heavy (non-hydrogen) atoms. The second-order valence-corrected chi connectivity index (χ2v) is 6.25. The van der Waals surface area contributed by atoms with Crippen LogP contribution in [0.3, 0.4) is 0 Å². The molecule has 1 aromatic heterocycles. The lowest BCUT2D eigenvalue weighted by Crippen LogP contribution is -2.34. The van der Waals surface area contributed by atoms with E-state index in [1.165, 1.54) is 0 Å². The summed E-state index contributed by atoms with van der Waals surface area (Å²) in [6.45, 7) is 3.35. The molecule has 0 unspecified atom stereocenters. The molecule has 0 radical (unpaired) electrons. The van der Waals surface area contributed by atoms with E-state index in [-0.39, 0.29) is 9.65 Å². The maximum atomic E-state index is 12.1. The molecule has 1 aliphatic rings. The van der Waals surface area contributed by atoms with Crippen LogP contribution in [0.5, 0.6) is 0 Å². The van der Waals surface area contributed by atoms with Crippen LogP contribution >= 0.6 is 31.9 Å². The fourth-order valence-electron chi connectivity index (χ4n) is 2.00. The van der Waals surface area contributed by atoms with E-state index in [4.69, 9.17) is 0 Å². The Kier molecular flexibility index (Phi) is 3.13. The lowest BCUT2D eigenvalue weighted by molar-refractivity contribution is -0.515. The largest absolute Gasteiger partial charge is 0.805 e. The summed E-state index contributed by atoms with van der Waals surface area (Å²) in [6, 6.07) is 0. The Morgan fingerprint density at radius 3 is 2.50 bits per heavy atom. The normalized spacial score (nSPS) is 24.2. The second-order valence-electron chi connectivity index (χ2n) is 4.04. The topological polar surface area (TPSA) is 51.0 Å². The van der Waals surface area contributed by atoms with Crippen LogP contribution in [-0.2, 0) is 0 Å². The van der Waals surface area contributed by atoms with Crippen LogP contribution < -0.4 is 4.43 Å². The minimum atomic E-state index is -0.0340. The number of hydrogen-bond acceptors (Lipinski definition) is 2. The minimum absolute atomic E-state index is 0.0340. The molecule has 4 nitrogen and oxygen atoms in total. The van der Waals surface area contributed by atoms with Crippen molar-refractivity contribution in [1.82, 2.24) is 4.73 Å². The van der Waals surface area contributed by atoms with Crippen LogP contribution in [0.1, 0.15) is 45.3 Å². The third-order valence-electron chi connectivity index (χ3n) is 3.10. The van der Waals surface area contributed by atoms with Crippen LogP contribution in [-0.4, -0.2) is 4.73 Å². The van der Waals surface area contributed by atoms with Crippen LogP contribution in [0.4, 0.5) is 0 Å². The summed E-state index contributed by atoms with van der Waals surface area (Å²) in [4.78, 5) is 12.0. The Morgan fingerprint density at radius 1 is 1.31 bits per heavy atom. The van der Waals surface area contributed by atoms with Crippen LogP contribution in [0.25, 0.3) is 0 Å². The van der Waals surface area contributed by atoms with Gasteiger partial charge in [-0.2, -0.15) is 0 Å². The molecule has 0 fully saturated rings. The lowest BCUT2D eigenvalue weighted by Gasteiger charge is -2.28. The lowest BCUT2D eigenvalue weighted by atomic mass is 9.99. The van der Waals surface area contributed by atoms with E-state index in [0.29, 0.717) is 22.8 Å². The van der Waals surface area contributed by atoms with E-state index in [1.807, 2.05) is 0 Å². The molecular weight excluding hydrogens is 340 g/mol. The molecule has 0 saturated heterocycles. The van der Waals surface area contributed by atoms with Crippen LogP contribution in [0, 0.1) is 24.0 Å². The molecule has 0 aromatic carbocycles. The van der Waals surface area contributed by atoms with Gasteiger partial charge < -0.3 is 9.94 Å². The van der Waals surface area contributed by atoms with Crippen LogP contribution in [0.2, 0.25) is 0 Å². The molecule has 0 N–H and O–H groups in total. The van der Waals surface area contributed by atoms with E-state index < -0.39 is 0 Å². The third kappa shape index (κ3) is 1.62. The number of halogens is 2. The van der Waals surface area contributed by atoms with E-state index in [9.17, 15) is 10.1 Å². The molecule has 2 rings (SSSR count). The zero-order valence-electron chi connectivity index (χ0n) is 9.04. The van der Waals surface area contributed by atoms with Gasteiger partial charge in [0.2, 0.25) is 0 Å². The van der Waals surface area contributed by atoms with Crippen molar-refractivity contribution < 1.29 is 4.43 Å². The Morgan fingerprint density at radius 2 is 1.88 bits per heavy atom. The van der Waals surface area contributed by atoms with Gasteiger partial charge in [-0.3, -0.25) is 0 Å². The molecule has 0 saturated carbocycles. The average Bonchev–Trinajstić information content (AvgIpc) is 2.26. The first-order valence-electron chi connectivity index (χ1n) is 5.09. The molecule has 6 heteroatoms. The highest BCUT2D eigenvalue weighted by Crippen LogP contribution is 2.43. The zero-order chi connectivity index (χ0) is 12.0. The summed E-state index contributed by atoms with van der Waals surface area (Å²) in [5, 5.41) is 12.1. The third-order valence-corrected chi connectivity index (χ3v) is 4.88. The predicted molar refractivity (Wildman–Crippen MR) is 68.6 cm³/mol. The molecule has 0 spiro atoms. The Bertz CT molecular complexity index is 499. The molecule has 0 aliphatic heterocycles. The SMILES string of the molecule is Cc1c(C)[n+](=O)c2c(n1[O-])[C@H](Br)CC[C@H]2Br. The monoisotopic (exact) mass is 350 g/mol. The molecule has 2 atom stereocenters. The number of alkyl halides is 2. The van der Waals surface area contributed by atoms with Crippen molar-refractivity contribution in [3.63, 3.8) is 0 Å². The highest BCUT2D eigenvalue weighted by Gasteiger charge is 2.36. The Labute approximate surface area is 110 Å². The fraction of sp³-hybridized carbons (Fsp3) is 0.600. The van der Waals surface area contributed by atoms with Crippen LogP contribution in [0.15, 0.2) is 0 Å². The standard InChI is InChI=1S/C10H12Br2N2O2/c1-5-6(2)14(16)10-8(12)4-3-7(11)9(10)13(5)15/h7-8H,3-4H2,1-2H3/t7-,8-/m1/s1. The van der Waals surface area contributed by atoms with Gasteiger partial charge in [0.05, 0.1) is 14.9 Å². The molecule has 88 valence electrons. The molecule has 1 aromatic rings. The highest BCUT2D eigenvalue weighted by atomic mass is 79.9. The minimum Gasteiger partial charge on any atom is -0.805 e. The van der Waals surface area contributed by atoms with E-state index in [1.54, 1.807) is 13.8 Å². The second kappa shape index (κ2) is 4.14. The summed E-state index contributed by atoms with van der Waals surface area (Å²) in [5.74, 6) is 0. The first-order valence-corrected chi connectivity index (χ1v) is 6.92. The van der Waals surface area contributed by atoms with Gasteiger partial charge in [-0.25, -0.2) is 0 Å². The van der Waals surface area contributed by atoms with Gasteiger partial charge in [-0.15, -0.1) is 0 Å². The zero-order valence-corrected chi connectivity index (χ0v) is 12.2. The summed E-state index contributed by atoms with van der Waals surface area (Å²) in [6.07, 6.45) is 1.71. The van der Waals surface area contributed by atoms with Crippen molar-refractivity contribution >= 4 is 31.9 Å². The van der Waals surface area contributed by atoms with Crippen molar-refractivity contribution in [3.05, 3.63) is 32.9 Å². The summed E-state index contributed by atoms with van der Waals surface area (Å²) in [7, 11) is 0. The van der Waals surface area contributed by atoms with Gasteiger partial charge in [0.1, 0.15) is 10.5 Å². The first-order chi connectivity index (χ1) is 7.45. The summed E-state index contributed by atoms with van der Waals surface area (Å²) in [5.41, 5.74) is 2.04. The smallest absolute Gasteiger partial charge is 0.273 e. The average molecular weight is 352 g/mol. The van der Waals surface area contributed by atoms with Gasteiger partial charge in [-0.05, 0) is 19.8 Å². The van der Waals surface area contributed by atoms with Gasteiger partial charge >= 0.3 is 0 Å². The fourth-order valence-corrected chi connectivity index (χ4v) is 3.37. The van der Waals surface area contributed by atoms with Crippen molar-refractivity contribution in [3.8, 4) is 0 Å². The molecule has 1 aliphatic carbocycles. The molecule has 1 heterocycles. The predicted octanol–water partition coefficient (Wildman–Crippen LogP) is 3.03. The maximum Gasteiger partial charge on any atom is 0.273 e. The molecular formula is C10H12Br2N2O2. The van der Waals surface area contributed by atoms with Crippen molar-refractivity contribution in [1.29, 1.82) is 0 Å². The van der Waals surface area contributed by atoms with Crippen molar-refractivity contribution in [2.24, 2.45) is 0 Å². The van der Waals surface area contributed by atoms with Crippen molar-refractivity contribution in [2.45, 2.75) is 36.3 Å². The maximum absolute atomic E-state index is 12.1. The number of nitrogens with zero attached hydrogens (tertiary/aromatic N) is 2. The molecule has 0 amide bonds. The Balaban J connectivity index is 2.84. The molecule has 0 bridgehead atoms. The summed E-state index contributed by atoms with van der Waals surface area (Å²) >= 11 is 6.93. The van der Waals surface area contributed by atoms with E-state index in [2.05, 4.69) is 31.9 Å². The highest BCUT2D eigenvalue weighted by molar-refractivity contribution is 9.09. The van der Waals surface area contributed by atoms with E-state index in [0.717, 1.165) is 22.0 Å². The van der Waals surface area contributed by atoms with Gasteiger partial charge in [-0.1, -0.05) is 31.9 Å². The summed E-state index contributed by atoms with van der Waals surface area (Å²) < 4.78 is 1.76. The number of fused-ring (bicyclic) bond motifs is 1. The van der Waals surface area contributed by atoms with Gasteiger partial charge in [0.15, 0.2) is 0 Å². The number of hydrogen-bond donors (Lipinski definition) is 0. The number of rotatable bonds is 0. The van der Waals surface area contributed by atoms with Gasteiger partial charge in [0.25, 0.3) is 11.4 Å². The van der Waals surface area contributed by atoms with Gasteiger partial charge in [0, 0.05) is 11.8 Å². The number of aromatic nitrogens is 2. The van der Waals surface area contributed by atoms with Crippen molar-refractivity contribution in [2.75, 3.05) is 0 Å².